The Morgan fingerprint density at radius 3 is 2.35 bits per heavy atom. The highest BCUT2D eigenvalue weighted by Gasteiger charge is 2.12. The molecule has 0 radical (unpaired) electrons. The topological polar surface area (TPSA) is 56.8 Å². The Morgan fingerprint density at radius 2 is 1.62 bits per heavy atom. The highest BCUT2D eigenvalue weighted by atomic mass is 32.1. The highest BCUT2D eigenvalue weighted by molar-refractivity contribution is 7.12. The molecule has 26 heavy (non-hydrogen) atoms. The maximum absolute atomic E-state index is 12.5. The van der Waals surface area contributed by atoms with Crippen molar-refractivity contribution >= 4 is 22.9 Å². The number of anilines is 1. The van der Waals surface area contributed by atoms with Crippen molar-refractivity contribution in [2.45, 2.75) is 6.61 Å². The Bertz CT molecular complexity index is 891. The average molecular weight is 369 g/mol. The molecule has 0 saturated carbocycles. The van der Waals surface area contributed by atoms with Crippen LogP contribution in [0.25, 0.3) is 0 Å². The molecule has 0 atom stereocenters. The Morgan fingerprint density at radius 1 is 0.962 bits per heavy atom. The summed E-state index contributed by atoms with van der Waals surface area (Å²) in [6.45, 7) is 0.360. The lowest BCUT2D eigenvalue weighted by Crippen LogP contribution is -2.11. The van der Waals surface area contributed by atoms with Crippen molar-refractivity contribution in [1.29, 1.82) is 0 Å². The average Bonchev–Trinajstić information content (AvgIpc) is 3.16. The molecular weight excluding hydrogens is 350 g/mol. The third-order valence-corrected chi connectivity index (χ3v) is 4.67. The predicted molar refractivity (Wildman–Crippen MR) is 103 cm³/mol. The number of methoxy groups -OCH3 is 2. The molecule has 1 amide bonds. The summed E-state index contributed by atoms with van der Waals surface area (Å²) in [6.07, 6.45) is 0. The van der Waals surface area contributed by atoms with Gasteiger partial charge in [-0.3, -0.25) is 4.79 Å². The van der Waals surface area contributed by atoms with Gasteiger partial charge in [0.1, 0.15) is 12.4 Å². The maximum Gasteiger partial charge on any atom is 0.265 e. The minimum Gasteiger partial charge on any atom is -0.495 e. The minimum atomic E-state index is -0.178. The standard InChI is InChI=1S/C20H19NO4S/c1-23-16-8-4-3-7-15(16)21-20(22)19-11-14(13-26-19)12-25-18-10-6-5-9-17(18)24-2/h3-11,13H,12H2,1-2H3,(H,21,22). The molecule has 0 aliphatic heterocycles. The minimum absolute atomic E-state index is 0.178. The summed E-state index contributed by atoms with van der Waals surface area (Å²) in [4.78, 5) is 13.1. The van der Waals surface area contributed by atoms with Crippen LogP contribution in [0.15, 0.2) is 60.0 Å². The van der Waals surface area contributed by atoms with Crippen molar-refractivity contribution in [3.8, 4) is 17.2 Å². The third kappa shape index (κ3) is 4.15. The molecule has 0 spiro atoms. The zero-order valence-electron chi connectivity index (χ0n) is 14.5. The van der Waals surface area contributed by atoms with Crippen LogP contribution in [0.3, 0.4) is 0 Å². The first-order chi connectivity index (χ1) is 12.7. The fourth-order valence-electron chi connectivity index (χ4n) is 2.40. The molecule has 3 aromatic rings. The van der Waals surface area contributed by atoms with Crippen LogP contribution in [-0.2, 0) is 6.61 Å². The third-order valence-electron chi connectivity index (χ3n) is 3.70. The van der Waals surface area contributed by atoms with Gasteiger partial charge in [0.05, 0.1) is 24.8 Å². The van der Waals surface area contributed by atoms with Crippen molar-refractivity contribution in [1.82, 2.24) is 0 Å². The Hall–Kier alpha value is -2.99. The molecule has 2 aromatic carbocycles. The van der Waals surface area contributed by atoms with E-state index in [1.165, 1.54) is 11.3 Å². The first-order valence-electron chi connectivity index (χ1n) is 7.99. The zero-order chi connectivity index (χ0) is 18.4. The maximum atomic E-state index is 12.5. The van der Waals surface area contributed by atoms with E-state index >= 15 is 0 Å². The Kier molecular flexibility index (Phi) is 5.76. The second kappa shape index (κ2) is 8.40. The lowest BCUT2D eigenvalue weighted by atomic mass is 10.2. The fraction of sp³-hybridized carbons (Fsp3) is 0.150. The Balaban J connectivity index is 1.65. The molecule has 1 N–H and O–H groups in total. The summed E-state index contributed by atoms with van der Waals surface area (Å²) in [5, 5.41) is 4.78. The smallest absolute Gasteiger partial charge is 0.265 e. The summed E-state index contributed by atoms with van der Waals surface area (Å²) in [6, 6.07) is 16.6. The summed E-state index contributed by atoms with van der Waals surface area (Å²) in [7, 11) is 3.18. The van der Waals surface area contributed by atoms with Gasteiger partial charge in [-0.05, 0) is 35.7 Å². The van der Waals surface area contributed by atoms with Crippen molar-refractivity contribution in [3.63, 3.8) is 0 Å². The van der Waals surface area contributed by atoms with Gasteiger partial charge in [0.15, 0.2) is 11.5 Å². The molecule has 0 bridgehead atoms. The quantitative estimate of drug-likeness (QED) is 0.661. The predicted octanol–water partition coefficient (Wildman–Crippen LogP) is 4.60. The number of carbonyl (C=O) groups is 1. The van der Waals surface area contributed by atoms with Gasteiger partial charge in [-0.2, -0.15) is 0 Å². The van der Waals surface area contributed by atoms with Crippen molar-refractivity contribution in [3.05, 3.63) is 70.4 Å². The molecule has 0 saturated heterocycles. The number of carbonyl (C=O) groups excluding carboxylic acids is 1. The molecule has 0 unspecified atom stereocenters. The number of rotatable bonds is 7. The second-order valence-corrected chi connectivity index (χ2v) is 6.32. The molecule has 5 nitrogen and oxygen atoms in total. The first-order valence-corrected chi connectivity index (χ1v) is 8.87. The van der Waals surface area contributed by atoms with Crippen LogP contribution >= 0.6 is 11.3 Å². The number of para-hydroxylation sites is 4. The second-order valence-electron chi connectivity index (χ2n) is 5.41. The molecule has 3 rings (SSSR count). The van der Waals surface area contributed by atoms with E-state index in [1.807, 2.05) is 47.8 Å². The molecular formula is C20H19NO4S. The van der Waals surface area contributed by atoms with Gasteiger partial charge in [0.25, 0.3) is 5.91 Å². The highest BCUT2D eigenvalue weighted by Crippen LogP contribution is 2.28. The van der Waals surface area contributed by atoms with Gasteiger partial charge in [-0.15, -0.1) is 11.3 Å². The van der Waals surface area contributed by atoms with E-state index < -0.39 is 0 Å². The van der Waals surface area contributed by atoms with Crippen molar-refractivity contribution < 1.29 is 19.0 Å². The van der Waals surface area contributed by atoms with Gasteiger partial charge in [0.2, 0.25) is 0 Å². The summed E-state index contributed by atoms with van der Waals surface area (Å²) < 4.78 is 16.3. The van der Waals surface area contributed by atoms with Gasteiger partial charge < -0.3 is 19.5 Å². The van der Waals surface area contributed by atoms with Gasteiger partial charge in [-0.25, -0.2) is 0 Å². The molecule has 134 valence electrons. The van der Waals surface area contributed by atoms with E-state index in [9.17, 15) is 4.79 Å². The number of thiophene rings is 1. The van der Waals surface area contributed by atoms with E-state index in [1.54, 1.807) is 26.4 Å². The van der Waals surface area contributed by atoms with Crippen LogP contribution in [0.4, 0.5) is 5.69 Å². The SMILES string of the molecule is COc1ccccc1NC(=O)c1cc(COc2ccccc2OC)cs1. The lowest BCUT2D eigenvalue weighted by Gasteiger charge is -2.09. The van der Waals surface area contributed by atoms with Gasteiger partial charge >= 0.3 is 0 Å². The van der Waals surface area contributed by atoms with E-state index in [-0.39, 0.29) is 5.91 Å². The molecule has 6 heteroatoms. The van der Waals surface area contributed by atoms with E-state index in [4.69, 9.17) is 14.2 Å². The zero-order valence-corrected chi connectivity index (χ0v) is 15.3. The fourth-order valence-corrected chi connectivity index (χ4v) is 3.19. The van der Waals surface area contributed by atoms with Crippen molar-refractivity contribution in [2.24, 2.45) is 0 Å². The number of hydrogen-bond acceptors (Lipinski definition) is 5. The normalized spacial score (nSPS) is 10.2. The van der Waals surface area contributed by atoms with Crippen LogP contribution in [-0.4, -0.2) is 20.1 Å². The molecule has 0 fully saturated rings. The van der Waals surface area contributed by atoms with Gasteiger partial charge in [-0.1, -0.05) is 24.3 Å². The molecule has 1 aromatic heterocycles. The molecule has 1 heterocycles. The summed E-state index contributed by atoms with van der Waals surface area (Å²) in [5.74, 6) is 1.79. The van der Waals surface area contributed by atoms with Crippen LogP contribution in [0.1, 0.15) is 15.2 Å². The van der Waals surface area contributed by atoms with Crippen LogP contribution < -0.4 is 19.5 Å². The number of nitrogens with one attached hydrogen (secondary N) is 1. The largest absolute Gasteiger partial charge is 0.495 e. The number of benzene rings is 2. The summed E-state index contributed by atoms with van der Waals surface area (Å²) >= 11 is 1.37. The summed E-state index contributed by atoms with van der Waals surface area (Å²) in [5.41, 5.74) is 1.56. The number of ether oxygens (including phenoxy) is 3. The van der Waals surface area contributed by atoms with Crippen LogP contribution in [0, 0.1) is 0 Å². The van der Waals surface area contributed by atoms with E-state index in [0.717, 1.165) is 5.56 Å². The molecule has 0 aliphatic carbocycles. The van der Waals surface area contributed by atoms with Crippen LogP contribution in [0.5, 0.6) is 17.2 Å². The van der Waals surface area contributed by atoms with Crippen LogP contribution in [0.2, 0.25) is 0 Å². The number of hydrogen-bond donors (Lipinski definition) is 1. The Labute approximate surface area is 156 Å². The monoisotopic (exact) mass is 369 g/mol. The lowest BCUT2D eigenvalue weighted by molar-refractivity contribution is 0.103. The molecule has 0 aliphatic rings. The van der Waals surface area contributed by atoms with E-state index in [2.05, 4.69) is 5.32 Å². The van der Waals surface area contributed by atoms with Crippen molar-refractivity contribution in [2.75, 3.05) is 19.5 Å². The number of amides is 1. The first kappa shape index (κ1) is 17.8. The van der Waals surface area contributed by atoms with Gasteiger partial charge in [0, 0.05) is 5.56 Å². The van der Waals surface area contributed by atoms with E-state index in [0.29, 0.717) is 34.4 Å².